The fraction of sp³-hybridized carbons (Fsp3) is 0.875. The smallest absolute Gasteiger partial charge is 0.174 e. The summed E-state index contributed by atoms with van der Waals surface area (Å²) >= 11 is 0. The summed E-state index contributed by atoms with van der Waals surface area (Å²) in [5.41, 5.74) is 0. The second kappa shape index (κ2) is 7.47. The molecule has 2 fully saturated rings. The van der Waals surface area contributed by atoms with E-state index in [2.05, 4.69) is 6.92 Å². The SMILES string of the molecule is CCCCCCC1OC(C2C(=O)CCC(O)C2=O)CC1O. The molecule has 1 aliphatic carbocycles. The average Bonchev–Trinajstić information content (AvgIpc) is 2.81. The molecule has 2 rings (SSSR count). The Morgan fingerprint density at radius 3 is 2.67 bits per heavy atom. The maximum Gasteiger partial charge on any atom is 0.174 e. The van der Waals surface area contributed by atoms with Gasteiger partial charge in [-0.25, -0.2) is 0 Å². The van der Waals surface area contributed by atoms with Gasteiger partial charge in [-0.1, -0.05) is 32.6 Å². The number of unbranched alkanes of at least 4 members (excludes halogenated alkanes) is 3. The Bertz CT molecular complexity index is 381. The van der Waals surface area contributed by atoms with E-state index in [9.17, 15) is 19.8 Å². The number of rotatable bonds is 6. The van der Waals surface area contributed by atoms with Crippen molar-refractivity contribution in [1.29, 1.82) is 0 Å². The fourth-order valence-corrected chi connectivity index (χ4v) is 3.34. The molecule has 1 saturated heterocycles. The van der Waals surface area contributed by atoms with E-state index in [4.69, 9.17) is 4.74 Å². The van der Waals surface area contributed by atoms with Gasteiger partial charge >= 0.3 is 0 Å². The summed E-state index contributed by atoms with van der Waals surface area (Å²) in [4.78, 5) is 24.0. The van der Waals surface area contributed by atoms with Crippen LogP contribution in [0.4, 0.5) is 0 Å². The molecule has 0 amide bonds. The van der Waals surface area contributed by atoms with Crippen LogP contribution in [0, 0.1) is 5.92 Å². The van der Waals surface area contributed by atoms with E-state index in [1.165, 1.54) is 0 Å². The minimum absolute atomic E-state index is 0.158. The topological polar surface area (TPSA) is 83.8 Å². The van der Waals surface area contributed by atoms with Crippen LogP contribution in [-0.2, 0) is 14.3 Å². The lowest BCUT2D eigenvalue weighted by atomic mass is 9.80. The number of ketones is 2. The van der Waals surface area contributed by atoms with E-state index < -0.39 is 30.0 Å². The van der Waals surface area contributed by atoms with Crippen molar-refractivity contribution in [3.8, 4) is 0 Å². The number of carbonyl (C=O) groups is 2. The van der Waals surface area contributed by atoms with Gasteiger partial charge in [-0.3, -0.25) is 9.59 Å². The van der Waals surface area contributed by atoms with Crippen LogP contribution in [-0.4, -0.2) is 46.2 Å². The second-order valence-electron chi connectivity index (χ2n) is 6.27. The van der Waals surface area contributed by atoms with E-state index in [1.54, 1.807) is 0 Å². The van der Waals surface area contributed by atoms with E-state index in [0.29, 0.717) is 6.42 Å². The van der Waals surface area contributed by atoms with E-state index in [0.717, 1.165) is 32.1 Å². The summed E-state index contributed by atoms with van der Waals surface area (Å²) in [6, 6.07) is 0. The van der Waals surface area contributed by atoms with Crippen LogP contribution in [0.3, 0.4) is 0 Å². The largest absolute Gasteiger partial charge is 0.390 e. The Hall–Kier alpha value is -0.780. The molecule has 0 aromatic carbocycles. The lowest BCUT2D eigenvalue weighted by Crippen LogP contribution is -2.45. The lowest BCUT2D eigenvalue weighted by molar-refractivity contribution is -0.149. The van der Waals surface area contributed by atoms with Crippen molar-refractivity contribution >= 4 is 11.6 Å². The minimum atomic E-state index is -1.06. The first kappa shape index (κ1) is 16.6. The molecule has 1 heterocycles. The molecule has 1 saturated carbocycles. The number of carbonyl (C=O) groups excluding carboxylic acids is 2. The highest BCUT2D eigenvalue weighted by atomic mass is 16.5. The summed E-state index contributed by atoms with van der Waals surface area (Å²) in [6.45, 7) is 2.14. The summed E-state index contributed by atoms with van der Waals surface area (Å²) in [5, 5.41) is 19.7. The average molecular weight is 298 g/mol. The Morgan fingerprint density at radius 2 is 1.95 bits per heavy atom. The van der Waals surface area contributed by atoms with Gasteiger partial charge < -0.3 is 14.9 Å². The quantitative estimate of drug-likeness (QED) is 0.572. The summed E-state index contributed by atoms with van der Waals surface area (Å²) in [5.74, 6) is -1.48. The van der Waals surface area contributed by atoms with Crippen molar-refractivity contribution in [2.24, 2.45) is 5.92 Å². The molecule has 0 aromatic heterocycles. The van der Waals surface area contributed by atoms with E-state index in [-0.39, 0.29) is 24.7 Å². The zero-order chi connectivity index (χ0) is 15.4. The molecule has 1 aliphatic heterocycles. The van der Waals surface area contributed by atoms with Crippen LogP contribution in [0.5, 0.6) is 0 Å². The lowest BCUT2D eigenvalue weighted by Gasteiger charge is -2.27. The number of aliphatic hydroxyl groups is 2. The highest BCUT2D eigenvalue weighted by molar-refractivity contribution is 6.07. The highest BCUT2D eigenvalue weighted by Crippen LogP contribution is 2.33. The van der Waals surface area contributed by atoms with Crippen molar-refractivity contribution in [1.82, 2.24) is 0 Å². The normalized spacial score (nSPS) is 37.2. The van der Waals surface area contributed by atoms with Crippen LogP contribution in [0.1, 0.15) is 58.3 Å². The van der Waals surface area contributed by atoms with Crippen LogP contribution < -0.4 is 0 Å². The molecule has 0 radical (unpaired) electrons. The van der Waals surface area contributed by atoms with Crippen LogP contribution in [0.15, 0.2) is 0 Å². The molecule has 2 aliphatic rings. The van der Waals surface area contributed by atoms with Gasteiger partial charge in [0.15, 0.2) is 5.78 Å². The monoisotopic (exact) mass is 298 g/mol. The van der Waals surface area contributed by atoms with Crippen molar-refractivity contribution in [3.63, 3.8) is 0 Å². The first-order valence-electron chi connectivity index (χ1n) is 8.12. The third kappa shape index (κ3) is 3.90. The molecule has 120 valence electrons. The van der Waals surface area contributed by atoms with Gasteiger partial charge in [0.05, 0.1) is 18.3 Å². The minimum Gasteiger partial charge on any atom is -0.390 e. The van der Waals surface area contributed by atoms with Crippen molar-refractivity contribution < 1.29 is 24.5 Å². The van der Waals surface area contributed by atoms with E-state index >= 15 is 0 Å². The summed E-state index contributed by atoms with van der Waals surface area (Å²) < 4.78 is 5.78. The molecule has 0 spiro atoms. The van der Waals surface area contributed by atoms with Gasteiger partial charge in [0, 0.05) is 12.8 Å². The highest BCUT2D eigenvalue weighted by Gasteiger charge is 2.47. The molecule has 2 N–H and O–H groups in total. The first-order chi connectivity index (χ1) is 10.0. The molecule has 5 nitrogen and oxygen atoms in total. The second-order valence-corrected chi connectivity index (χ2v) is 6.27. The Labute approximate surface area is 125 Å². The van der Waals surface area contributed by atoms with Gasteiger partial charge in [-0.05, 0) is 12.8 Å². The molecule has 21 heavy (non-hydrogen) atoms. The van der Waals surface area contributed by atoms with Gasteiger partial charge in [-0.15, -0.1) is 0 Å². The summed E-state index contributed by atoms with van der Waals surface area (Å²) in [6.07, 6.45) is 3.38. The third-order valence-corrected chi connectivity index (χ3v) is 4.61. The zero-order valence-corrected chi connectivity index (χ0v) is 12.7. The predicted molar refractivity (Wildman–Crippen MR) is 76.8 cm³/mol. The van der Waals surface area contributed by atoms with Gasteiger partial charge in [0.2, 0.25) is 0 Å². The number of ether oxygens (including phenoxy) is 1. The Kier molecular flexibility index (Phi) is 5.90. The number of aliphatic hydroxyl groups excluding tert-OH is 2. The van der Waals surface area contributed by atoms with Crippen LogP contribution >= 0.6 is 0 Å². The molecular formula is C16H26O5. The first-order valence-corrected chi connectivity index (χ1v) is 8.12. The van der Waals surface area contributed by atoms with Gasteiger partial charge in [-0.2, -0.15) is 0 Å². The standard InChI is InChI=1S/C16H26O5/c1-2-3-4-5-6-13-12(19)9-14(21-13)15-10(17)7-8-11(18)16(15)20/h11-15,18-19H,2-9H2,1H3. The van der Waals surface area contributed by atoms with Crippen LogP contribution in [0.2, 0.25) is 0 Å². The third-order valence-electron chi connectivity index (χ3n) is 4.61. The fourth-order valence-electron chi connectivity index (χ4n) is 3.34. The molecular weight excluding hydrogens is 272 g/mol. The number of hydrogen-bond donors (Lipinski definition) is 2. The predicted octanol–water partition coefficient (Wildman–Crippen LogP) is 1.38. The van der Waals surface area contributed by atoms with E-state index in [1.807, 2.05) is 0 Å². The molecule has 5 heteroatoms. The maximum absolute atomic E-state index is 12.0. The summed E-state index contributed by atoms with van der Waals surface area (Å²) in [7, 11) is 0. The van der Waals surface area contributed by atoms with Gasteiger partial charge in [0.25, 0.3) is 0 Å². The molecule has 0 aromatic rings. The zero-order valence-electron chi connectivity index (χ0n) is 12.7. The van der Waals surface area contributed by atoms with Crippen molar-refractivity contribution in [2.75, 3.05) is 0 Å². The van der Waals surface area contributed by atoms with Crippen LogP contribution in [0.25, 0.3) is 0 Å². The Morgan fingerprint density at radius 1 is 1.19 bits per heavy atom. The molecule has 5 atom stereocenters. The molecule has 5 unspecified atom stereocenters. The molecule has 0 bridgehead atoms. The van der Waals surface area contributed by atoms with Crippen molar-refractivity contribution in [2.45, 2.75) is 82.7 Å². The van der Waals surface area contributed by atoms with Crippen molar-refractivity contribution in [3.05, 3.63) is 0 Å². The Balaban J connectivity index is 1.90. The number of Topliss-reactive ketones (excluding diaryl/α,β-unsaturated/α-hetero) is 2. The van der Waals surface area contributed by atoms with Gasteiger partial charge in [0.1, 0.15) is 17.8 Å². The number of hydrogen-bond acceptors (Lipinski definition) is 5. The maximum atomic E-state index is 12.0.